The molecule has 0 fully saturated rings. The van der Waals surface area contributed by atoms with E-state index in [2.05, 4.69) is 25.9 Å². The van der Waals surface area contributed by atoms with E-state index in [0.717, 1.165) is 0 Å². The highest BCUT2D eigenvalue weighted by Crippen LogP contribution is 2.39. The second kappa shape index (κ2) is 4.51. The number of benzene rings is 1. The summed E-state index contributed by atoms with van der Waals surface area (Å²) in [5.41, 5.74) is -0.305. The number of hydrogen-bond acceptors (Lipinski definition) is 3. The highest BCUT2D eigenvalue weighted by molar-refractivity contribution is 9.10. The molecule has 0 saturated heterocycles. The van der Waals surface area contributed by atoms with Crippen LogP contribution in [0, 0.1) is 11.6 Å². The van der Waals surface area contributed by atoms with Crippen molar-refractivity contribution in [2.24, 2.45) is 0 Å². The summed E-state index contributed by atoms with van der Waals surface area (Å²) in [5, 5.41) is -0.811. The van der Waals surface area contributed by atoms with Crippen molar-refractivity contribution in [1.29, 1.82) is 0 Å². The molecule has 0 bridgehead atoms. The van der Waals surface area contributed by atoms with Crippen LogP contribution in [0.4, 0.5) is 8.78 Å². The summed E-state index contributed by atoms with van der Waals surface area (Å²) >= 11 is 14.1. The first-order valence-electron chi connectivity index (χ1n) is 4.20. The van der Waals surface area contributed by atoms with Gasteiger partial charge in [0.1, 0.15) is 15.1 Å². The van der Waals surface area contributed by atoms with E-state index in [1.54, 1.807) is 0 Å². The van der Waals surface area contributed by atoms with Crippen molar-refractivity contribution in [2.75, 3.05) is 7.11 Å². The van der Waals surface area contributed by atoms with E-state index < -0.39 is 11.6 Å². The number of nitrogens with zero attached hydrogens (tertiary/aromatic N) is 2. The van der Waals surface area contributed by atoms with E-state index in [1.807, 2.05) is 0 Å². The van der Waals surface area contributed by atoms with E-state index in [-0.39, 0.29) is 31.6 Å². The lowest BCUT2D eigenvalue weighted by atomic mass is 10.2. The molecule has 0 spiro atoms. The van der Waals surface area contributed by atoms with Gasteiger partial charge in [0.05, 0.1) is 12.5 Å². The third-order valence-electron chi connectivity index (χ3n) is 2.06. The molecule has 2 rings (SSSR count). The quantitative estimate of drug-likeness (QED) is 0.446. The van der Waals surface area contributed by atoms with Gasteiger partial charge in [-0.25, -0.2) is 18.7 Å². The van der Waals surface area contributed by atoms with Gasteiger partial charge < -0.3 is 4.74 Å². The predicted molar refractivity (Wildman–Crippen MR) is 63.7 cm³/mol. The second-order valence-electron chi connectivity index (χ2n) is 2.98. The zero-order valence-corrected chi connectivity index (χ0v) is 11.3. The highest BCUT2D eigenvalue weighted by Gasteiger charge is 2.23. The van der Waals surface area contributed by atoms with E-state index in [1.165, 1.54) is 7.11 Å². The minimum atomic E-state index is -0.850. The van der Waals surface area contributed by atoms with Crippen LogP contribution in [0.1, 0.15) is 0 Å². The lowest BCUT2D eigenvalue weighted by molar-refractivity contribution is 0.382. The Labute approximate surface area is 113 Å². The van der Waals surface area contributed by atoms with Gasteiger partial charge in [-0.15, -0.1) is 0 Å². The summed E-state index contributed by atoms with van der Waals surface area (Å²) < 4.78 is 32.4. The summed E-state index contributed by atoms with van der Waals surface area (Å²) in [6.07, 6.45) is 0. The molecule has 0 aliphatic carbocycles. The Hall–Kier alpha value is -0.720. The summed E-state index contributed by atoms with van der Waals surface area (Å²) in [6.45, 7) is 0. The molecule has 1 heterocycles. The van der Waals surface area contributed by atoms with Crippen molar-refractivity contribution in [3.8, 4) is 5.75 Å². The fourth-order valence-corrected chi connectivity index (χ4v) is 2.34. The summed E-state index contributed by atoms with van der Waals surface area (Å²) in [5.74, 6) is -1.97. The lowest BCUT2D eigenvalue weighted by Crippen LogP contribution is -1.99. The maximum atomic E-state index is 14.0. The third kappa shape index (κ3) is 1.94. The number of ether oxygens (including phenoxy) is 1. The van der Waals surface area contributed by atoms with E-state index >= 15 is 0 Å². The van der Waals surface area contributed by atoms with E-state index in [9.17, 15) is 8.78 Å². The van der Waals surface area contributed by atoms with Crippen molar-refractivity contribution >= 4 is 50.0 Å². The van der Waals surface area contributed by atoms with E-state index in [0.29, 0.717) is 0 Å². The van der Waals surface area contributed by atoms with Crippen molar-refractivity contribution in [1.82, 2.24) is 9.97 Å². The van der Waals surface area contributed by atoms with Crippen LogP contribution in [0.3, 0.4) is 0 Å². The van der Waals surface area contributed by atoms with Crippen molar-refractivity contribution in [2.45, 2.75) is 0 Å². The molecule has 3 nitrogen and oxygen atoms in total. The Morgan fingerprint density at radius 2 is 1.82 bits per heavy atom. The average molecular weight is 344 g/mol. The molecule has 1 aromatic carbocycles. The monoisotopic (exact) mass is 342 g/mol. The fourth-order valence-electron chi connectivity index (χ4n) is 1.35. The van der Waals surface area contributed by atoms with Crippen molar-refractivity contribution < 1.29 is 13.5 Å². The molecule has 90 valence electrons. The molecule has 2 aromatic rings. The van der Waals surface area contributed by atoms with Gasteiger partial charge in [-0.2, -0.15) is 0 Å². The predicted octanol–water partition coefficient (Wildman–Crippen LogP) is 3.99. The molecule has 0 radical (unpaired) electrons. The van der Waals surface area contributed by atoms with Gasteiger partial charge in [0.25, 0.3) is 0 Å². The third-order valence-corrected chi connectivity index (χ3v) is 3.21. The maximum Gasteiger partial charge on any atom is 0.224 e. The average Bonchev–Trinajstić information content (AvgIpc) is 2.25. The number of halogens is 5. The lowest BCUT2D eigenvalue weighted by Gasteiger charge is -2.10. The largest absolute Gasteiger partial charge is 0.492 e. The van der Waals surface area contributed by atoms with Gasteiger partial charge >= 0.3 is 0 Å². The first-order valence-corrected chi connectivity index (χ1v) is 5.75. The van der Waals surface area contributed by atoms with Gasteiger partial charge in [-0.05, 0) is 27.5 Å². The molecular weight excluding hydrogens is 341 g/mol. The Balaban J connectivity index is 3.04. The molecule has 0 atom stereocenters. The van der Waals surface area contributed by atoms with Crippen LogP contribution in [0.5, 0.6) is 5.75 Å². The first kappa shape index (κ1) is 12.7. The molecule has 0 aliphatic rings. The second-order valence-corrected chi connectivity index (χ2v) is 4.47. The van der Waals surface area contributed by atoms with Gasteiger partial charge in [0.15, 0.2) is 17.4 Å². The Morgan fingerprint density at radius 3 is 2.41 bits per heavy atom. The van der Waals surface area contributed by atoms with Crippen LogP contribution in [0.15, 0.2) is 4.47 Å². The summed E-state index contributed by atoms with van der Waals surface area (Å²) in [4.78, 5) is 7.15. The van der Waals surface area contributed by atoms with E-state index in [4.69, 9.17) is 27.9 Å². The number of aromatic nitrogens is 2. The Kier molecular flexibility index (Phi) is 3.38. The number of fused-ring (bicyclic) bond motifs is 1. The minimum Gasteiger partial charge on any atom is -0.492 e. The number of methoxy groups -OCH3 is 1. The van der Waals surface area contributed by atoms with Crippen LogP contribution < -0.4 is 4.74 Å². The zero-order valence-electron chi connectivity index (χ0n) is 8.19. The summed E-state index contributed by atoms with van der Waals surface area (Å²) in [7, 11) is 1.21. The van der Waals surface area contributed by atoms with Crippen LogP contribution >= 0.6 is 39.1 Å². The zero-order chi connectivity index (χ0) is 12.7. The molecular formula is C9H3BrCl2F2N2O. The molecule has 17 heavy (non-hydrogen) atoms. The molecule has 0 amide bonds. The fraction of sp³-hybridized carbons (Fsp3) is 0.111. The Bertz CT molecular complexity index is 624. The van der Waals surface area contributed by atoms with Gasteiger partial charge in [-0.3, -0.25) is 0 Å². The molecule has 0 saturated carbocycles. The van der Waals surface area contributed by atoms with Crippen LogP contribution in [-0.4, -0.2) is 17.1 Å². The molecule has 8 heteroatoms. The molecule has 1 aromatic heterocycles. The molecule has 0 N–H and O–H groups in total. The molecule has 0 unspecified atom stereocenters. The van der Waals surface area contributed by atoms with Crippen LogP contribution in [0.2, 0.25) is 10.4 Å². The van der Waals surface area contributed by atoms with Crippen LogP contribution in [0.25, 0.3) is 10.9 Å². The van der Waals surface area contributed by atoms with Crippen molar-refractivity contribution in [3.05, 3.63) is 26.5 Å². The first-order chi connectivity index (χ1) is 7.97. The molecule has 0 aliphatic heterocycles. The maximum absolute atomic E-state index is 14.0. The van der Waals surface area contributed by atoms with Crippen LogP contribution in [-0.2, 0) is 0 Å². The SMILES string of the molecule is COc1c(Br)c(F)c2nc(Cl)nc(Cl)c2c1F. The number of rotatable bonds is 1. The topological polar surface area (TPSA) is 35.0 Å². The number of hydrogen-bond donors (Lipinski definition) is 0. The van der Waals surface area contributed by atoms with Gasteiger partial charge in [0, 0.05) is 0 Å². The Morgan fingerprint density at radius 1 is 1.18 bits per heavy atom. The summed E-state index contributed by atoms with van der Waals surface area (Å²) in [6, 6.07) is 0. The standard InChI is InChI=1S/C9H3BrCl2F2N2O/c1-17-7-3(10)5(14)6-2(4(7)13)8(11)16-9(12)15-6/h1H3. The van der Waals surface area contributed by atoms with Gasteiger partial charge in [-0.1, -0.05) is 11.6 Å². The normalized spacial score (nSPS) is 10.9. The smallest absolute Gasteiger partial charge is 0.224 e. The minimum absolute atomic E-state index is 0.184. The highest BCUT2D eigenvalue weighted by atomic mass is 79.9. The van der Waals surface area contributed by atoms with Crippen molar-refractivity contribution in [3.63, 3.8) is 0 Å². The van der Waals surface area contributed by atoms with Gasteiger partial charge in [0.2, 0.25) is 5.28 Å².